The number of aromatic amines is 1. The van der Waals surface area contributed by atoms with E-state index in [1.54, 1.807) is 0 Å². The smallest absolute Gasteiger partial charge is 0.256 e. The molecule has 112 valence electrons. The second kappa shape index (κ2) is 6.22. The molecule has 0 aliphatic carbocycles. The van der Waals surface area contributed by atoms with E-state index in [2.05, 4.69) is 34.4 Å². The summed E-state index contributed by atoms with van der Waals surface area (Å²) < 4.78 is 2.36. The fourth-order valence-corrected chi connectivity index (χ4v) is 3.91. The van der Waals surface area contributed by atoms with Gasteiger partial charge in [-0.15, -0.1) is 0 Å². The highest BCUT2D eigenvalue weighted by Crippen LogP contribution is 2.26. The molecule has 0 unspecified atom stereocenters. The molecular formula is C16H21N3OS. The van der Waals surface area contributed by atoms with Crippen LogP contribution < -0.4 is 5.56 Å². The molecule has 1 aliphatic heterocycles. The van der Waals surface area contributed by atoms with Gasteiger partial charge in [-0.05, 0) is 37.5 Å². The SMILES string of the molecule is CN(C)CCSN1CCc2c([nH]c(=O)c3ccccc23)C1. The highest BCUT2D eigenvalue weighted by molar-refractivity contribution is 7.97. The van der Waals surface area contributed by atoms with Crippen LogP contribution in [-0.2, 0) is 13.0 Å². The number of benzene rings is 1. The van der Waals surface area contributed by atoms with Crippen molar-refractivity contribution in [2.24, 2.45) is 0 Å². The van der Waals surface area contributed by atoms with Crippen LogP contribution in [-0.4, -0.2) is 47.1 Å². The number of hydrogen-bond donors (Lipinski definition) is 1. The van der Waals surface area contributed by atoms with Crippen LogP contribution in [0, 0.1) is 0 Å². The highest BCUT2D eigenvalue weighted by atomic mass is 32.2. The van der Waals surface area contributed by atoms with Crippen molar-refractivity contribution >= 4 is 22.7 Å². The lowest BCUT2D eigenvalue weighted by molar-refractivity contribution is 0.420. The van der Waals surface area contributed by atoms with Gasteiger partial charge < -0.3 is 9.88 Å². The average molecular weight is 303 g/mol. The minimum Gasteiger partial charge on any atom is -0.324 e. The Morgan fingerprint density at radius 3 is 2.81 bits per heavy atom. The van der Waals surface area contributed by atoms with Gasteiger partial charge in [-0.25, -0.2) is 4.31 Å². The molecule has 0 bridgehead atoms. The summed E-state index contributed by atoms with van der Waals surface area (Å²) in [7, 11) is 4.19. The predicted octanol–water partition coefficient (Wildman–Crippen LogP) is 2.10. The van der Waals surface area contributed by atoms with Gasteiger partial charge in [-0.3, -0.25) is 4.79 Å². The molecule has 0 atom stereocenters. The summed E-state index contributed by atoms with van der Waals surface area (Å²) in [4.78, 5) is 17.4. The molecule has 4 nitrogen and oxygen atoms in total. The van der Waals surface area contributed by atoms with Crippen molar-refractivity contribution in [3.8, 4) is 0 Å². The number of pyridine rings is 1. The lowest BCUT2D eigenvalue weighted by Crippen LogP contribution is -2.29. The average Bonchev–Trinajstić information content (AvgIpc) is 2.47. The van der Waals surface area contributed by atoms with Crippen molar-refractivity contribution in [1.29, 1.82) is 0 Å². The number of nitrogens with zero attached hydrogens (tertiary/aromatic N) is 2. The number of aromatic nitrogens is 1. The Hall–Kier alpha value is -1.30. The Morgan fingerprint density at radius 1 is 1.29 bits per heavy atom. The van der Waals surface area contributed by atoms with Crippen LogP contribution >= 0.6 is 11.9 Å². The fourth-order valence-electron chi connectivity index (χ4n) is 2.76. The molecular weight excluding hydrogens is 282 g/mol. The maximum absolute atomic E-state index is 12.2. The zero-order valence-electron chi connectivity index (χ0n) is 12.6. The van der Waals surface area contributed by atoms with E-state index in [0.717, 1.165) is 48.3 Å². The summed E-state index contributed by atoms with van der Waals surface area (Å²) >= 11 is 1.87. The summed E-state index contributed by atoms with van der Waals surface area (Å²) in [5, 5.41) is 1.93. The molecule has 0 fully saturated rings. The number of hydrogen-bond acceptors (Lipinski definition) is 4. The van der Waals surface area contributed by atoms with Crippen LogP contribution in [0.2, 0.25) is 0 Å². The lowest BCUT2D eigenvalue weighted by atomic mass is 9.99. The second-order valence-corrected chi connectivity index (χ2v) is 6.89. The highest BCUT2D eigenvalue weighted by Gasteiger charge is 2.20. The molecule has 2 aromatic rings. The maximum atomic E-state index is 12.2. The molecule has 1 aliphatic rings. The Balaban J connectivity index is 1.82. The van der Waals surface area contributed by atoms with Gasteiger partial charge in [0.25, 0.3) is 5.56 Å². The first-order valence-electron chi connectivity index (χ1n) is 7.30. The van der Waals surface area contributed by atoms with Crippen molar-refractivity contribution in [2.75, 3.05) is 32.9 Å². The molecule has 5 heteroatoms. The molecule has 0 saturated carbocycles. The van der Waals surface area contributed by atoms with E-state index in [1.807, 2.05) is 30.1 Å². The van der Waals surface area contributed by atoms with Gasteiger partial charge in [-0.1, -0.05) is 30.1 Å². The topological polar surface area (TPSA) is 39.3 Å². The summed E-state index contributed by atoms with van der Waals surface area (Å²) in [5.41, 5.74) is 2.43. The zero-order valence-corrected chi connectivity index (χ0v) is 13.4. The van der Waals surface area contributed by atoms with Crippen molar-refractivity contribution in [2.45, 2.75) is 13.0 Å². The fraction of sp³-hybridized carbons (Fsp3) is 0.438. The van der Waals surface area contributed by atoms with Gasteiger partial charge >= 0.3 is 0 Å². The molecule has 1 N–H and O–H groups in total. The van der Waals surface area contributed by atoms with E-state index in [1.165, 1.54) is 5.56 Å². The predicted molar refractivity (Wildman–Crippen MR) is 89.7 cm³/mol. The van der Waals surface area contributed by atoms with E-state index >= 15 is 0 Å². The molecule has 0 spiro atoms. The van der Waals surface area contributed by atoms with Gasteiger partial charge in [0, 0.05) is 36.5 Å². The van der Waals surface area contributed by atoms with Crippen LogP contribution in [0.25, 0.3) is 10.8 Å². The largest absolute Gasteiger partial charge is 0.324 e. The minimum absolute atomic E-state index is 0.0319. The van der Waals surface area contributed by atoms with Crippen molar-refractivity contribution in [3.63, 3.8) is 0 Å². The third-order valence-electron chi connectivity index (χ3n) is 3.88. The number of H-pyrrole nitrogens is 1. The Kier molecular flexibility index (Phi) is 4.33. The molecule has 1 aromatic heterocycles. The summed E-state index contributed by atoms with van der Waals surface area (Å²) in [6, 6.07) is 7.92. The van der Waals surface area contributed by atoms with Crippen molar-refractivity contribution in [1.82, 2.24) is 14.2 Å². The molecule has 1 aromatic carbocycles. The number of nitrogens with one attached hydrogen (secondary N) is 1. The third kappa shape index (κ3) is 3.15. The first kappa shape index (κ1) is 14.6. The van der Waals surface area contributed by atoms with E-state index in [-0.39, 0.29) is 5.56 Å². The molecule has 2 heterocycles. The summed E-state index contributed by atoms with van der Waals surface area (Å²) in [6.45, 7) is 2.94. The van der Waals surface area contributed by atoms with Gasteiger partial charge in [0.05, 0.1) is 0 Å². The number of rotatable bonds is 4. The Bertz CT molecular complexity index is 695. The second-order valence-electron chi connectivity index (χ2n) is 5.71. The molecule has 0 amide bonds. The van der Waals surface area contributed by atoms with Crippen molar-refractivity contribution in [3.05, 3.63) is 45.9 Å². The quantitative estimate of drug-likeness (QED) is 0.878. The van der Waals surface area contributed by atoms with Crippen LogP contribution in [0.3, 0.4) is 0 Å². The zero-order chi connectivity index (χ0) is 14.8. The lowest BCUT2D eigenvalue weighted by Gasteiger charge is -2.28. The van der Waals surface area contributed by atoms with Crippen molar-refractivity contribution < 1.29 is 0 Å². The summed E-state index contributed by atoms with van der Waals surface area (Å²) in [5.74, 6) is 1.08. The van der Waals surface area contributed by atoms with Crippen LogP contribution in [0.4, 0.5) is 0 Å². The standard InChI is InChI=1S/C16H21N3OS/c1-18(2)9-10-21-19-8-7-13-12-5-3-4-6-14(12)16(20)17-15(13)11-19/h3-6H,7-11H2,1-2H3,(H,17,20). The van der Waals surface area contributed by atoms with Crippen LogP contribution in [0.15, 0.2) is 29.1 Å². The summed E-state index contributed by atoms with van der Waals surface area (Å²) in [6.07, 6.45) is 1.00. The van der Waals surface area contributed by atoms with E-state index in [4.69, 9.17) is 0 Å². The van der Waals surface area contributed by atoms with E-state index in [0.29, 0.717) is 0 Å². The van der Waals surface area contributed by atoms with Gasteiger partial charge in [0.1, 0.15) is 0 Å². The first-order chi connectivity index (χ1) is 10.1. The maximum Gasteiger partial charge on any atom is 0.256 e. The molecule has 0 radical (unpaired) electrons. The Labute approximate surface area is 129 Å². The Morgan fingerprint density at radius 2 is 2.05 bits per heavy atom. The number of fused-ring (bicyclic) bond motifs is 3. The molecule has 0 saturated heterocycles. The molecule has 3 rings (SSSR count). The van der Waals surface area contributed by atoms with Gasteiger partial charge in [0.2, 0.25) is 0 Å². The normalized spacial score (nSPS) is 15.6. The minimum atomic E-state index is 0.0319. The van der Waals surface area contributed by atoms with E-state index in [9.17, 15) is 4.79 Å². The van der Waals surface area contributed by atoms with E-state index < -0.39 is 0 Å². The third-order valence-corrected chi connectivity index (χ3v) is 4.93. The monoisotopic (exact) mass is 303 g/mol. The van der Waals surface area contributed by atoms with Crippen LogP contribution in [0.1, 0.15) is 11.3 Å². The van der Waals surface area contributed by atoms with Crippen LogP contribution in [0.5, 0.6) is 0 Å². The first-order valence-corrected chi connectivity index (χ1v) is 8.25. The molecule has 21 heavy (non-hydrogen) atoms. The van der Waals surface area contributed by atoms with Gasteiger partial charge in [-0.2, -0.15) is 0 Å². The van der Waals surface area contributed by atoms with Gasteiger partial charge in [0.15, 0.2) is 0 Å².